The summed E-state index contributed by atoms with van der Waals surface area (Å²) in [7, 11) is 0. The van der Waals surface area contributed by atoms with Crippen molar-refractivity contribution in [3.05, 3.63) is 0 Å². The van der Waals surface area contributed by atoms with Crippen LogP contribution in [0, 0.1) is 5.92 Å². The molecule has 0 spiro atoms. The van der Waals surface area contributed by atoms with Crippen molar-refractivity contribution in [2.45, 2.75) is 32.1 Å². The Balaban J connectivity index is 1.80. The predicted molar refractivity (Wildman–Crippen MR) is 59.5 cm³/mol. The van der Waals surface area contributed by atoms with Crippen molar-refractivity contribution in [2.24, 2.45) is 5.92 Å². The average molecular weight is 214 g/mol. The van der Waals surface area contributed by atoms with Crippen molar-refractivity contribution in [3.63, 3.8) is 0 Å². The molecule has 0 saturated heterocycles. The van der Waals surface area contributed by atoms with Gasteiger partial charge in [0.1, 0.15) is 0 Å². The molecule has 4 heteroatoms. The van der Waals surface area contributed by atoms with E-state index in [9.17, 15) is 4.79 Å². The van der Waals surface area contributed by atoms with E-state index < -0.39 is 0 Å². The molecule has 1 saturated carbocycles. The van der Waals surface area contributed by atoms with Gasteiger partial charge in [-0.1, -0.05) is 0 Å². The fourth-order valence-corrected chi connectivity index (χ4v) is 1.42. The molecule has 1 aliphatic carbocycles. The summed E-state index contributed by atoms with van der Waals surface area (Å²) in [4.78, 5) is 11.3. The highest BCUT2D eigenvalue weighted by atomic mass is 16.2. The lowest BCUT2D eigenvalue weighted by Crippen LogP contribution is -2.35. The van der Waals surface area contributed by atoms with Crippen LogP contribution in [0.4, 0.5) is 0 Å². The number of aliphatic hydroxyl groups excluding tert-OH is 1. The third-order valence-electron chi connectivity index (χ3n) is 2.57. The van der Waals surface area contributed by atoms with Crippen LogP contribution in [0.3, 0.4) is 0 Å². The highest BCUT2D eigenvalue weighted by Gasteiger charge is 2.20. The summed E-state index contributed by atoms with van der Waals surface area (Å²) in [5, 5.41) is 14.6. The molecule has 0 bridgehead atoms. The van der Waals surface area contributed by atoms with Gasteiger partial charge in [-0.25, -0.2) is 0 Å². The van der Waals surface area contributed by atoms with Gasteiger partial charge in [-0.3, -0.25) is 4.79 Å². The van der Waals surface area contributed by atoms with Crippen molar-refractivity contribution in [1.82, 2.24) is 10.6 Å². The molecule has 1 aliphatic rings. The zero-order valence-electron chi connectivity index (χ0n) is 9.30. The largest absolute Gasteiger partial charge is 0.396 e. The van der Waals surface area contributed by atoms with Gasteiger partial charge in [0.15, 0.2) is 0 Å². The van der Waals surface area contributed by atoms with E-state index in [1.165, 1.54) is 12.8 Å². The maximum absolute atomic E-state index is 11.3. The van der Waals surface area contributed by atoms with E-state index in [4.69, 9.17) is 5.11 Å². The summed E-state index contributed by atoms with van der Waals surface area (Å²) < 4.78 is 0. The second kappa shape index (κ2) is 7.65. The number of amides is 1. The Morgan fingerprint density at radius 3 is 2.73 bits per heavy atom. The number of carbonyl (C=O) groups excluding carboxylic acids is 1. The second-order valence-corrected chi connectivity index (χ2v) is 4.21. The maximum Gasteiger partial charge on any atom is 0.233 e. The van der Waals surface area contributed by atoms with Gasteiger partial charge in [-0.15, -0.1) is 0 Å². The molecule has 0 aromatic heterocycles. The summed E-state index contributed by atoms with van der Waals surface area (Å²) in [6, 6.07) is 0. The molecule has 0 aliphatic heterocycles. The van der Waals surface area contributed by atoms with Gasteiger partial charge < -0.3 is 15.7 Å². The summed E-state index contributed by atoms with van der Waals surface area (Å²) in [5.41, 5.74) is 0. The van der Waals surface area contributed by atoms with Crippen LogP contribution >= 0.6 is 0 Å². The molecule has 0 radical (unpaired) electrons. The van der Waals surface area contributed by atoms with Gasteiger partial charge in [0.2, 0.25) is 5.91 Å². The van der Waals surface area contributed by atoms with Gasteiger partial charge in [0.05, 0.1) is 6.54 Å². The molecular formula is C11H22N2O2. The van der Waals surface area contributed by atoms with Crippen molar-refractivity contribution < 1.29 is 9.90 Å². The molecule has 1 amide bonds. The van der Waals surface area contributed by atoms with Crippen molar-refractivity contribution in [1.29, 1.82) is 0 Å². The van der Waals surface area contributed by atoms with E-state index in [1.807, 2.05) is 0 Å². The van der Waals surface area contributed by atoms with Gasteiger partial charge >= 0.3 is 0 Å². The summed E-state index contributed by atoms with van der Waals surface area (Å²) in [6.07, 6.45) is 5.39. The molecular weight excluding hydrogens is 192 g/mol. The van der Waals surface area contributed by atoms with Gasteiger partial charge in [-0.05, 0) is 44.6 Å². The number of rotatable bonds is 9. The second-order valence-electron chi connectivity index (χ2n) is 4.21. The Morgan fingerprint density at radius 1 is 1.27 bits per heavy atom. The average Bonchev–Trinajstić information content (AvgIpc) is 3.01. The first kappa shape index (κ1) is 12.5. The molecule has 0 atom stereocenters. The van der Waals surface area contributed by atoms with E-state index >= 15 is 0 Å². The van der Waals surface area contributed by atoms with Crippen molar-refractivity contribution in [3.8, 4) is 0 Å². The Bertz CT molecular complexity index is 181. The third kappa shape index (κ3) is 7.33. The SMILES string of the molecule is O=C(CNCC1CC1)NCCCCCO. The Labute approximate surface area is 91.4 Å². The molecule has 0 heterocycles. The monoisotopic (exact) mass is 214 g/mol. The van der Waals surface area contributed by atoms with E-state index in [-0.39, 0.29) is 12.5 Å². The van der Waals surface area contributed by atoms with Gasteiger partial charge in [-0.2, -0.15) is 0 Å². The number of hydrogen-bond donors (Lipinski definition) is 3. The standard InChI is InChI=1S/C11H22N2O2/c14-7-3-1-2-6-13-11(15)9-12-8-10-4-5-10/h10,12,14H,1-9H2,(H,13,15). The predicted octanol–water partition coefficient (Wildman–Crippen LogP) is 0.265. The minimum atomic E-state index is 0.0830. The Hall–Kier alpha value is -0.610. The van der Waals surface area contributed by atoms with Crippen LogP contribution in [0.1, 0.15) is 32.1 Å². The molecule has 1 fully saturated rings. The van der Waals surface area contributed by atoms with E-state index in [0.29, 0.717) is 6.54 Å². The summed E-state index contributed by atoms with van der Waals surface area (Å²) in [5.74, 6) is 0.905. The zero-order chi connectivity index (χ0) is 10.9. The maximum atomic E-state index is 11.3. The molecule has 88 valence electrons. The number of aliphatic hydroxyl groups is 1. The van der Waals surface area contributed by atoms with Crippen LogP contribution < -0.4 is 10.6 Å². The van der Waals surface area contributed by atoms with Gasteiger partial charge in [0, 0.05) is 13.2 Å². The summed E-state index contributed by atoms with van der Waals surface area (Å²) >= 11 is 0. The lowest BCUT2D eigenvalue weighted by atomic mass is 10.2. The van der Waals surface area contributed by atoms with E-state index in [0.717, 1.165) is 38.3 Å². The lowest BCUT2D eigenvalue weighted by Gasteiger charge is -2.05. The van der Waals surface area contributed by atoms with Crippen molar-refractivity contribution >= 4 is 5.91 Å². The van der Waals surface area contributed by atoms with Crippen molar-refractivity contribution in [2.75, 3.05) is 26.2 Å². The highest BCUT2D eigenvalue weighted by Crippen LogP contribution is 2.27. The van der Waals surface area contributed by atoms with Crippen LogP contribution in [0.5, 0.6) is 0 Å². The minimum Gasteiger partial charge on any atom is -0.396 e. The first-order valence-electron chi connectivity index (χ1n) is 5.91. The van der Waals surface area contributed by atoms with Crippen LogP contribution in [-0.4, -0.2) is 37.3 Å². The Morgan fingerprint density at radius 2 is 2.07 bits per heavy atom. The number of hydrogen-bond acceptors (Lipinski definition) is 3. The number of carbonyl (C=O) groups is 1. The normalized spacial score (nSPS) is 15.3. The molecule has 1 rings (SSSR count). The molecule has 15 heavy (non-hydrogen) atoms. The van der Waals surface area contributed by atoms with Crippen LogP contribution in [0.15, 0.2) is 0 Å². The zero-order valence-corrected chi connectivity index (χ0v) is 9.30. The molecule has 0 unspecified atom stereocenters. The van der Waals surface area contributed by atoms with Gasteiger partial charge in [0.25, 0.3) is 0 Å². The van der Waals surface area contributed by atoms with Crippen LogP contribution in [0.25, 0.3) is 0 Å². The summed E-state index contributed by atoms with van der Waals surface area (Å²) in [6.45, 7) is 2.40. The molecule has 0 aromatic carbocycles. The lowest BCUT2D eigenvalue weighted by molar-refractivity contribution is -0.120. The minimum absolute atomic E-state index is 0.0830. The fraction of sp³-hybridized carbons (Fsp3) is 0.909. The quantitative estimate of drug-likeness (QED) is 0.483. The number of unbranched alkanes of at least 4 members (excludes halogenated alkanes) is 2. The smallest absolute Gasteiger partial charge is 0.233 e. The molecule has 0 aromatic rings. The molecule has 4 nitrogen and oxygen atoms in total. The first-order chi connectivity index (χ1) is 7.33. The molecule has 3 N–H and O–H groups in total. The fourth-order valence-electron chi connectivity index (χ4n) is 1.42. The first-order valence-corrected chi connectivity index (χ1v) is 5.91. The van der Waals surface area contributed by atoms with E-state index in [1.54, 1.807) is 0 Å². The third-order valence-corrected chi connectivity index (χ3v) is 2.57. The number of nitrogens with one attached hydrogen (secondary N) is 2. The van der Waals surface area contributed by atoms with Crippen LogP contribution in [0.2, 0.25) is 0 Å². The van der Waals surface area contributed by atoms with E-state index in [2.05, 4.69) is 10.6 Å². The topological polar surface area (TPSA) is 61.4 Å². The highest BCUT2D eigenvalue weighted by molar-refractivity contribution is 5.77. The Kier molecular flexibility index (Phi) is 6.36. The van der Waals surface area contributed by atoms with Crippen LogP contribution in [-0.2, 0) is 4.79 Å².